The van der Waals surface area contributed by atoms with E-state index >= 15 is 0 Å². The Morgan fingerprint density at radius 1 is 1.21 bits per heavy atom. The van der Waals surface area contributed by atoms with E-state index in [-0.39, 0.29) is 23.8 Å². The highest BCUT2D eigenvalue weighted by Crippen LogP contribution is 2.40. The first-order valence-electron chi connectivity index (χ1n) is 12.2. The molecule has 0 unspecified atom stereocenters. The number of hydrogen-bond acceptors (Lipinski definition) is 5. The van der Waals surface area contributed by atoms with Crippen molar-refractivity contribution in [3.05, 3.63) is 27.8 Å². The number of nitrogens with one attached hydrogen (secondary N) is 4. The van der Waals surface area contributed by atoms with E-state index < -0.39 is 0 Å². The summed E-state index contributed by atoms with van der Waals surface area (Å²) >= 11 is 7.15. The van der Waals surface area contributed by atoms with Crippen LogP contribution in [0.1, 0.15) is 65.5 Å². The van der Waals surface area contributed by atoms with Crippen LogP contribution < -0.4 is 21.3 Å². The van der Waals surface area contributed by atoms with E-state index in [4.69, 9.17) is 12.2 Å². The highest BCUT2D eigenvalue weighted by atomic mass is 32.1. The number of nitrogens with zero attached hydrogens (tertiary/aromatic N) is 2. The predicted octanol–water partition coefficient (Wildman–Crippen LogP) is 3.38. The highest BCUT2D eigenvalue weighted by molar-refractivity contribution is 7.80. The van der Waals surface area contributed by atoms with E-state index in [1.54, 1.807) is 16.0 Å². The Balaban J connectivity index is 1.29. The standard InChI is InChI=1S/C24H32N6O2S2/c1-3-15-11-19(30(2)29-15)27-24(33)26-16-8-9-18-17(10-16)20(22(32)25-12-13-4-5-13)23(34-18)28-21(31)14-6-7-14/h11,13-14,16H,3-10,12H2,1-2H3,(H,25,32)(H,28,31)(H2,26,27,33)/t16-/m0/s1. The Bertz CT molecular complexity index is 1120. The molecule has 3 aliphatic carbocycles. The van der Waals surface area contributed by atoms with Crippen LogP contribution in [0.5, 0.6) is 0 Å². The minimum Gasteiger partial charge on any atom is -0.359 e. The smallest absolute Gasteiger partial charge is 0.254 e. The van der Waals surface area contributed by atoms with Crippen LogP contribution in [0.3, 0.4) is 0 Å². The molecule has 8 nitrogen and oxygen atoms in total. The van der Waals surface area contributed by atoms with Crippen LogP contribution in [0, 0.1) is 11.8 Å². The van der Waals surface area contributed by atoms with Gasteiger partial charge in [-0.3, -0.25) is 14.3 Å². The lowest BCUT2D eigenvalue weighted by molar-refractivity contribution is -0.117. The number of rotatable bonds is 8. The molecule has 34 heavy (non-hydrogen) atoms. The summed E-state index contributed by atoms with van der Waals surface area (Å²) in [5, 5.41) is 18.6. The van der Waals surface area contributed by atoms with E-state index in [1.165, 1.54) is 17.7 Å². The molecule has 10 heteroatoms. The zero-order valence-corrected chi connectivity index (χ0v) is 21.3. The monoisotopic (exact) mass is 500 g/mol. The summed E-state index contributed by atoms with van der Waals surface area (Å²) in [4.78, 5) is 26.9. The van der Waals surface area contributed by atoms with Crippen LogP contribution in [-0.4, -0.2) is 39.3 Å². The molecule has 2 aromatic rings. The molecule has 0 saturated heterocycles. The molecular formula is C24H32N6O2S2. The summed E-state index contributed by atoms with van der Waals surface area (Å²) in [6, 6.07) is 2.12. The van der Waals surface area contributed by atoms with Crippen molar-refractivity contribution in [1.29, 1.82) is 0 Å². The quantitative estimate of drug-likeness (QED) is 0.415. The SMILES string of the molecule is CCc1cc(NC(=S)N[C@H]2CCc3sc(NC(=O)C4CC4)c(C(=O)NCC4CC4)c3C2)n(C)n1. The zero-order chi connectivity index (χ0) is 23.8. The van der Waals surface area contributed by atoms with Crippen LogP contribution in [0.15, 0.2) is 6.07 Å². The maximum absolute atomic E-state index is 13.2. The lowest BCUT2D eigenvalue weighted by Gasteiger charge is -2.25. The molecule has 5 rings (SSSR count). The third-order valence-corrected chi connectivity index (χ3v) is 8.22. The summed E-state index contributed by atoms with van der Waals surface area (Å²) in [7, 11) is 1.90. The van der Waals surface area contributed by atoms with Gasteiger partial charge in [0.25, 0.3) is 5.91 Å². The number of thiocarbonyl (C=S) groups is 1. The number of carbonyl (C=O) groups excluding carboxylic acids is 2. The van der Waals surface area contributed by atoms with Gasteiger partial charge in [-0.15, -0.1) is 11.3 Å². The molecule has 4 N–H and O–H groups in total. The topological polar surface area (TPSA) is 100 Å². The molecule has 0 aliphatic heterocycles. The second kappa shape index (κ2) is 9.65. The van der Waals surface area contributed by atoms with Crippen LogP contribution in [0.4, 0.5) is 10.8 Å². The number of hydrogen-bond donors (Lipinski definition) is 4. The Morgan fingerprint density at radius 3 is 2.68 bits per heavy atom. The van der Waals surface area contributed by atoms with Crippen molar-refractivity contribution in [2.45, 2.75) is 64.3 Å². The van der Waals surface area contributed by atoms with Crippen molar-refractivity contribution in [3.63, 3.8) is 0 Å². The van der Waals surface area contributed by atoms with Crippen molar-refractivity contribution >= 4 is 51.3 Å². The Kier molecular flexibility index (Phi) is 6.61. The molecule has 3 aliphatic rings. The fourth-order valence-corrected chi connectivity index (χ4v) is 5.91. The Morgan fingerprint density at radius 2 is 2.00 bits per heavy atom. The number of aromatic nitrogens is 2. The molecule has 2 fully saturated rings. The van der Waals surface area contributed by atoms with E-state index in [0.717, 1.165) is 49.2 Å². The van der Waals surface area contributed by atoms with Gasteiger partial charge >= 0.3 is 0 Å². The first-order chi connectivity index (χ1) is 16.4. The van der Waals surface area contributed by atoms with Gasteiger partial charge < -0.3 is 21.3 Å². The van der Waals surface area contributed by atoms with Crippen molar-refractivity contribution < 1.29 is 9.59 Å². The average molecular weight is 501 g/mol. The molecule has 2 saturated carbocycles. The van der Waals surface area contributed by atoms with E-state index in [1.807, 2.05) is 13.1 Å². The molecule has 182 valence electrons. The number of aryl methyl sites for hydroxylation is 3. The van der Waals surface area contributed by atoms with Gasteiger partial charge in [-0.2, -0.15) is 5.10 Å². The molecule has 0 bridgehead atoms. The normalized spacial score (nSPS) is 19.3. The molecular weight excluding hydrogens is 468 g/mol. The van der Waals surface area contributed by atoms with Gasteiger partial charge in [0.05, 0.1) is 11.3 Å². The molecule has 0 spiro atoms. The molecule has 2 amide bonds. The molecule has 2 heterocycles. The third kappa shape index (κ3) is 5.27. The fraction of sp³-hybridized carbons (Fsp3) is 0.583. The van der Waals surface area contributed by atoms with Crippen molar-refractivity contribution in [3.8, 4) is 0 Å². The summed E-state index contributed by atoms with van der Waals surface area (Å²) in [6.07, 6.45) is 7.57. The van der Waals surface area contributed by atoms with Crippen LogP contribution in [0.2, 0.25) is 0 Å². The van der Waals surface area contributed by atoms with Gasteiger partial charge in [0.2, 0.25) is 5.91 Å². The number of anilines is 2. The Labute approximate surface area is 209 Å². The zero-order valence-electron chi connectivity index (χ0n) is 19.7. The summed E-state index contributed by atoms with van der Waals surface area (Å²) in [5.74, 6) is 1.52. The third-order valence-electron chi connectivity index (χ3n) is 6.79. The van der Waals surface area contributed by atoms with Crippen LogP contribution in [0.25, 0.3) is 0 Å². The van der Waals surface area contributed by atoms with Crippen LogP contribution in [-0.2, 0) is 31.1 Å². The molecule has 0 radical (unpaired) electrons. The van der Waals surface area contributed by atoms with Crippen LogP contribution >= 0.6 is 23.6 Å². The highest BCUT2D eigenvalue weighted by Gasteiger charge is 2.34. The summed E-state index contributed by atoms with van der Waals surface area (Å²) in [6.45, 7) is 2.78. The van der Waals surface area contributed by atoms with E-state index in [0.29, 0.717) is 34.6 Å². The van der Waals surface area contributed by atoms with E-state index in [9.17, 15) is 9.59 Å². The maximum Gasteiger partial charge on any atom is 0.254 e. The minimum absolute atomic E-state index is 0.0394. The Hall–Kier alpha value is -2.46. The van der Waals surface area contributed by atoms with Gasteiger partial charge in [0.15, 0.2) is 5.11 Å². The van der Waals surface area contributed by atoms with Gasteiger partial charge in [-0.25, -0.2) is 0 Å². The first kappa shape index (κ1) is 23.3. The maximum atomic E-state index is 13.2. The minimum atomic E-state index is -0.0705. The molecule has 0 aromatic carbocycles. The molecule has 1 atom stereocenters. The van der Waals surface area contributed by atoms with Crippen molar-refractivity contribution in [2.75, 3.05) is 17.2 Å². The number of carbonyl (C=O) groups is 2. The first-order valence-corrected chi connectivity index (χ1v) is 13.5. The van der Waals surface area contributed by atoms with Gasteiger partial charge in [0, 0.05) is 36.5 Å². The van der Waals surface area contributed by atoms with Gasteiger partial charge in [-0.05, 0) is 75.1 Å². The summed E-state index contributed by atoms with van der Waals surface area (Å²) < 4.78 is 1.79. The number of thiophene rings is 1. The lowest BCUT2D eigenvalue weighted by Crippen LogP contribution is -2.41. The number of fused-ring (bicyclic) bond motifs is 1. The van der Waals surface area contributed by atoms with Gasteiger partial charge in [0.1, 0.15) is 10.8 Å². The second-order valence-corrected chi connectivity index (χ2v) is 11.2. The second-order valence-electron chi connectivity index (χ2n) is 9.66. The van der Waals surface area contributed by atoms with Crippen molar-refractivity contribution in [2.24, 2.45) is 18.9 Å². The van der Waals surface area contributed by atoms with Crippen molar-refractivity contribution in [1.82, 2.24) is 20.4 Å². The largest absolute Gasteiger partial charge is 0.359 e. The molecule has 2 aromatic heterocycles. The fourth-order valence-electron chi connectivity index (χ4n) is 4.40. The summed E-state index contributed by atoms with van der Waals surface area (Å²) in [5.41, 5.74) is 2.71. The average Bonchev–Trinajstić information content (AvgIpc) is 3.73. The van der Waals surface area contributed by atoms with E-state index in [2.05, 4.69) is 33.3 Å². The van der Waals surface area contributed by atoms with Gasteiger partial charge in [-0.1, -0.05) is 6.92 Å². The predicted molar refractivity (Wildman–Crippen MR) is 138 cm³/mol. The number of amides is 2. The lowest BCUT2D eigenvalue weighted by atomic mass is 9.91.